The van der Waals surface area contributed by atoms with Crippen LogP contribution in [-0.4, -0.2) is 46.2 Å². The highest BCUT2D eigenvalue weighted by Crippen LogP contribution is 2.19. The maximum absolute atomic E-state index is 12.1. The van der Waals surface area contributed by atoms with E-state index in [1.807, 2.05) is 6.07 Å². The number of anilines is 1. The summed E-state index contributed by atoms with van der Waals surface area (Å²) in [5.41, 5.74) is 1.83. The smallest absolute Gasteiger partial charge is 0.246 e. The van der Waals surface area contributed by atoms with Crippen LogP contribution in [0.5, 0.6) is 0 Å². The summed E-state index contributed by atoms with van der Waals surface area (Å²) in [5.74, 6) is 0.342. The van der Waals surface area contributed by atoms with Gasteiger partial charge in [-0.15, -0.1) is 10.2 Å². The maximum atomic E-state index is 12.1. The number of nitrogens with zero attached hydrogens (tertiary/aromatic N) is 7. The number of tetrazole rings is 1. The third-order valence-corrected chi connectivity index (χ3v) is 3.31. The fraction of sp³-hybridized carbons (Fsp3) is 0.286. The number of rotatable bonds is 5. The standard InChI is InChI=1S/C14H16N8O2/c1-9(23)12-7-22(19-16-12)8-13(24)15-11-5-3-4-10(6-11)14-17-18-20-21(14)2/h3-7,9,23H,8H2,1-2H3,(H,15,24). The van der Waals surface area contributed by atoms with Crippen molar-refractivity contribution in [3.05, 3.63) is 36.2 Å². The van der Waals surface area contributed by atoms with Crippen LogP contribution in [0.4, 0.5) is 5.69 Å². The van der Waals surface area contributed by atoms with Gasteiger partial charge >= 0.3 is 0 Å². The van der Waals surface area contributed by atoms with E-state index in [4.69, 9.17) is 0 Å². The molecule has 1 unspecified atom stereocenters. The lowest BCUT2D eigenvalue weighted by Crippen LogP contribution is -2.19. The molecule has 1 amide bonds. The molecule has 10 heteroatoms. The van der Waals surface area contributed by atoms with E-state index in [2.05, 4.69) is 31.2 Å². The van der Waals surface area contributed by atoms with Gasteiger partial charge in [-0.05, 0) is 29.5 Å². The fourth-order valence-electron chi connectivity index (χ4n) is 2.14. The second-order valence-electron chi connectivity index (χ2n) is 5.27. The molecule has 10 nitrogen and oxygen atoms in total. The highest BCUT2D eigenvalue weighted by atomic mass is 16.3. The predicted molar refractivity (Wildman–Crippen MR) is 83.5 cm³/mol. The van der Waals surface area contributed by atoms with Crippen molar-refractivity contribution in [2.24, 2.45) is 7.05 Å². The molecule has 2 N–H and O–H groups in total. The van der Waals surface area contributed by atoms with Crippen LogP contribution >= 0.6 is 0 Å². The molecule has 0 aliphatic rings. The molecule has 24 heavy (non-hydrogen) atoms. The van der Waals surface area contributed by atoms with Gasteiger partial charge in [0, 0.05) is 18.3 Å². The molecular weight excluding hydrogens is 312 g/mol. The quantitative estimate of drug-likeness (QED) is 0.683. The lowest BCUT2D eigenvalue weighted by molar-refractivity contribution is -0.116. The summed E-state index contributed by atoms with van der Waals surface area (Å²) in [5, 5.41) is 31.1. The van der Waals surface area contributed by atoms with Crippen molar-refractivity contribution in [1.29, 1.82) is 0 Å². The SMILES string of the molecule is CC(O)c1cn(CC(=O)Nc2cccc(-c3nnnn3C)c2)nn1. The first-order chi connectivity index (χ1) is 11.5. The lowest BCUT2D eigenvalue weighted by atomic mass is 10.2. The van der Waals surface area contributed by atoms with E-state index >= 15 is 0 Å². The number of hydrogen-bond acceptors (Lipinski definition) is 7. The van der Waals surface area contributed by atoms with Crippen LogP contribution in [0.15, 0.2) is 30.5 Å². The van der Waals surface area contributed by atoms with E-state index in [0.29, 0.717) is 17.2 Å². The minimum Gasteiger partial charge on any atom is -0.387 e. The van der Waals surface area contributed by atoms with Gasteiger partial charge in [0.05, 0.1) is 12.3 Å². The summed E-state index contributed by atoms with van der Waals surface area (Å²) in [6.07, 6.45) is 0.810. The molecule has 0 aliphatic carbocycles. The second kappa shape index (κ2) is 6.54. The molecule has 1 aromatic carbocycles. The number of aliphatic hydroxyl groups excluding tert-OH is 1. The maximum Gasteiger partial charge on any atom is 0.246 e. The van der Waals surface area contributed by atoms with Crippen molar-refractivity contribution >= 4 is 11.6 Å². The van der Waals surface area contributed by atoms with Crippen LogP contribution in [0.2, 0.25) is 0 Å². The average molecular weight is 328 g/mol. The highest BCUT2D eigenvalue weighted by Gasteiger charge is 2.11. The van der Waals surface area contributed by atoms with Crippen LogP contribution in [0.25, 0.3) is 11.4 Å². The molecule has 0 bridgehead atoms. The zero-order valence-electron chi connectivity index (χ0n) is 13.2. The number of carbonyl (C=O) groups excluding carboxylic acids is 1. The molecule has 0 saturated heterocycles. The number of nitrogens with one attached hydrogen (secondary N) is 1. The van der Waals surface area contributed by atoms with Gasteiger partial charge in [0.1, 0.15) is 12.2 Å². The molecule has 2 heterocycles. The Morgan fingerprint density at radius 3 is 2.83 bits per heavy atom. The Labute approximate surface area is 137 Å². The molecule has 2 aromatic heterocycles. The molecular formula is C14H16N8O2. The Hall–Kier alpha value is -3.14. The number of aromatic nitrogens is 7. The Morgan fingerprint density at radius 2 is 2.17 bits per heavy atom. The lowest BCUT2D eigenvalue weighted by Gasteiger charge is -2.07. The van der Waals surface area contributed by atoms with Crippen LogP contribution in [0.1, 0.15) is 18.7 Å². The highest BCUT2D eigenvalue weighted by molar-refractivity contribution is 5.91. The van der Waals surface area contributed by atoms with E-state index < -0.39 is 6.10 Å². The Balaban J connectivity index is 1.69. The van der Waals surface area contributed by atoms with E-state index in [9.17, 15) is 9.90 Å². The number of aryl methyl sites for hydroxylation is 1. The molecule has 124 valence electrons. The van der Waals surface area contributed by atoms with Gasteiger partial charge in [0.25, 0.3) is 0 Å². The Morgan fingerprint density at radius 1 is 1.33 bits per heavy atom. The van der Waals surface area contributed by atoms with Crippen molar-refractivity contribution in [3.63, 3.8) is 0 Å². The fourth-order valence-corrected chi connectivity index (χ4v) is 2.14. The first-order valence-corrected chi connectivity index (χ1v) is 7.23. The minimum atomic E-state index is -0.724. The van der Waals surface area contributed by atoms with Gasteiger partial charge in [0.2, 0.25) is 5.91 Å². The van der Waals surface area contributed by atoms with Crippen molar-refractivity contribution in [3.8, 4) is 11.4 Å². The summed E-state index contributed by atoms with van der Waals surface area (Å²) in [6, 6.07) is 7.22. The first kappa shape index (κ1) is 15.7. The van der Waals surface area contributed by atoms with Crippen molar-refractivity contribution in [1.82, 2.24) is 35.2 Å². The predicted octanol–water partition coefficient (Wildman–Crippen LogP) is 0.161. The monoisotopic (exact) mass is 328 g/mol. The molecule has 3 aromatic rings. The van der Waals surface area contributed by atoms with Gasteiger partial charge in [-0.25, -0.2) is 9.36 Å². The molecule has 3 rings (SSSR count). The molecule has 0 fully saturated rings. The number of amides is 1. The van der Waals surface area contributed by atoms with Crippen LogP contribution in [0.3, 0.4) is 0 Å². The normalized spacial score (nSPS) is 12.1. The number of aliphatic hydroxyl groups is 1. The van der Waals surface area contributed by atoms with Crippen molar-refractivity contribution < 1.29 is 9.90 Å². The molecule has 0 saturated carbocycles. The van der Waals surface area contributed by atoms with Gasteiger partial charge in [0.15, 0.2) is 5.82 Å². The van der Waals surface area contributed by atoms with Gasteiger partial charge in [-0.2, -0.15) is 0 Å². The van der Waals surface area contributed by atoms with E-state index in [1.165, 1.54) is 10.9 Å². The average Bonchev–Trinajstić information content (AvgIpc) is 3.16. The summed E-state index contributed by atoms with van der Waals surface area (Å²) >= 11 is 0. The third kappa shape index (κ3) is 3.43. The van der Waals surface area contributed by atoms with Crippen molar-refractivity contribution in [2.45, 2.75) is 19.6 Å². The summed E-state index contributed by atoms with van der Waals surface area (Å²) in [7, 11) is 1.74. The molecule has 0 spiro atoms. The molecule has 1 atom stereocenters. The van der Waals surface area contributed by atoms with E-state index in [1.54, 1.807) is 36.9 Å². The van der Waals surface area contributed by atoms with Gasteiger partial charge in [-0.1, -0.05) is 17.3 Å². The summed E-state index contributed by atoms with van der Waals surface area (Å²) < 4.78 is 2.92. The zero-order chi connectivity index (χ0) is 17.1. The van der Waals surface area contributed by atoms with Gasteiger partial charge in [-0.3, -0.25) is 4.79 Å². The largest absolute Gasteiger partial charge is 0.387 e. The van der Waals surface area contributed by atoms with Crippen LogP contribution in [0, 0.1) is 0 Å². The summed E-state index contributed by atoms with van der Waals surface area (Å²) in [6.45, 7) is 1.58. The first-order valence-electron chi connectivity index (χ1n) is 7.23. The van der Waals surface area contributed by atoms with Crippen molar-refractivity contribution in [2.75, 3.05) is 5.32 Å². The van der Waals surface area contributed by atoms with E-state index in [0.717, 1.165) is 5.56 Å². The van der Waals surface area contributed by atoms with E-state index in [-0.39, 0.29) is 12.5 Å². The zero-order valence-corrected chi connectivity index (χ0v) is 13.2. The Bertz CT molecular complexity index is 854. The third-order valence-electron chi connectivity index (χ3n) is 3.31. The summed E-state index contributed by atoms with van der Waals surface area (Å²) in [4.78, 5) is 12.1. The number of benzene rings is 1. The second-order valence-corrected chi connectivity index (χ2v) is 5.27. The Kier molecular flexibility index (Phi) is 4.29. The number of carbonyl (C=O) groups is 1. The van der Waals surface area contributed by atoms with Gasteiger partial charge < -0.3 is 10.4 Å². The topological polar surface area (TPSA) is 124 Å². The van der Waals surface area contributed by atoms with Crippen LogP contribution < -0.4 is 5.32 Å². The molecule has 0 aliphatic heterocycles. The molecule has 0 radical (unpaired) electrons. The number of hydrogen-bond donors (Lipinski definition) is 2. The van der Waals surface area contributed by atoms with Crippen LogP contribution in [-0.2, 0) is 18.4 Å². The minimum absolute atomic E-state index is 0.00450.